The van der Waals surface area contributed by atoms with Crippen molar-refractivity contribution in [2.45, 2.75) is 20.8 Å². The topological polar surface area (TPSA) is 67.8 Å². The largest absolute Gasteiger partial charge is 0.506 e. The predicted molar refractivity (Wildman–Crippen MR) is 62.5 cm³/mol. The Bertz CT molecular complexity index is 335. The van der Waals surface area contributed by atoms with Gasteiger partial charge in [0.1, 0.15) is 11.4 Å². The van der Waals surface area contributed by atoms with Gasteiger partial charge in [-0.25, -0.2) is 0 Å². The number of aliphatic imine (C=N–C) groups is 1. The van der Waals surface area contributed by atoms with Crippen LogP contribution in [0.15, 0.2) is 23.2 Å². The van der Waals surface area contributed by atoms with Crippen molar-refractivity contribution in [3.05, 3.63) is 23.8 Å². The number of ether oxygens (including phenoxy) is 1. The highest BCUT2D eigenvalue weighted by atomic mass is 16.5. The second-order valence-corrected chi connectivity index (χ2v) is 2.65. The average Bonchev–Trinajstić information content (AvgIpc) is 2.26. The molecule has 0 unspecified atom stereocenters. The molecule has 0 aliphatic heterocycles. The number of phenolic OH excluding ortho intramolecular Hbond substituents is 1. The molecule has 0 bridgehead atoms. The molecule has 3 N–H and O–H groups in total. The zero-order valence-electron chi connectivity index (χ0n) is 9.61. The molecular weight excluding hydrogens is 192 g/mol. The second kappa shape index (κ2) is 6.70. The number of hydrogen-bond donors (Lipinski definition) is 2. The minimum absolute atomic E-state index is 0.0286. The summed E-state index contributed by atoms with van der Waals surface area (Å²) < 4.78 is 4.67. The van der Waals surface area contributed by atoms with Gasteiger partial charge in [-0.3, -0.25) is 0 Å². The number of amidine groups is 1. The fraction of sp³-hybridized carbons (Fsp3) is 0.364. The van der Waals surface area contributed by atoms with Crippen LogP contribution in [0.5, 0.6) is 5.75 Å². The molecule has 0 saturated carbocycles. The van der Waals surface area contributed by atoms with E-state index in [1.165, 1.54) is 7.11 Å². The molecule has 0 radical (unpaired) electrons. The number of rotatable bonds is 1. The van der Waals surface area contributed by atoms with E-state index in [2.05, 4.69) is 9.73 Å². The van der Waals surface area contributed by atoms with Gasteiger partial charge in [-0.1, -0.05) is 19.9 Å². The summed E-state index contributed by atoms with van der Waals surface area (Å²) in [5.41, 5.74) is 6.76. The van der Waals surface area contributed by atoms with E-state index in [9.17, 15) is 5.11 Å². The Kier molecular flexibility index (Phi) is 5.94. The number of aromatic hydroxyl groups is 1. The lowest BCUT2D eigenvalue weighted by molar-refractivity contribution is 0.396. The molecule has 0 saturated heterocycles. The first kappa shape index (κ1) is 13.3. The monoisotopic (exact) mass is 210 g/mol. The van der Waals surface area contributed by atoms with E-state index < -0.39 is 0 Å². The van der Waals surface area contributed by atoms with E-state index in [4.69, 9.17) is 5.73 Å². The molecule has 84 valence electrons. The lowest BCUT2D eigenvalue weighted by Crippen LogP contribution is -2.12. The molecule has 15 heavy (non-hydrogen) atoms. The van der Waals surface area contributed by atoms with Gasteiger partial charge in [0.2, 0.25) is 0 Å². The van der Waals surface area contributed by atoms with E-state index in [-0.39, 0.29) is 11.8 Å². The maximum absolute atomic E-state index is 9.36. The highest BCUT2D eigenvalue weighted by Gasteiger charge is 2.00. The van der Waals surface area contributed by atoms with Crippen LogP contribution in [-0.2, 0) is 4.74 Å². The summed E-state index contributed by atoms with van der Waals surface area (Å²) in [6, 6.07) is 5.11. The van der Waals surface area contributed by atoms with E-state index in [1.54, 1.807) is 18.2 Å². The fourth-order valence-corrected chi connectivity index (χ4v) is 0.887. The van der Waals surface area contributed by atoms with Crippen LogP contribution in [0.25, 0.3) is 0 Å². The summed E-state index contributed by atoms with van der Waals surface area (Å²) in [4.78, 5) is 3.86. The standard InChI is InChI=1S/C9H12N2O2.C2H6/c1-6-3-4-8(12)7(5-6)11-9(10)13-2;1-2/h3-5,12H,1-2H3,(H2,10,11);1-2H3. The zero-order valence-corrected chi connectivity index (χ0v) is 9.61. The Balaban J connectivity index is 0.000000921. The van der Waals surface area contributed by atoms with Crippen molar-refractivity contribution in [3.8, 4) is 5.75 Å². The average molecular weight is 210 g/mol. The SMILES string of the molecule is CC.COC(N)=Nc1cc(C)ccc1O. The number of phenols is 1. The summed E-state index contributed by atoms with van der Waals surface area (Å²) in [7, 11) is 1.42. The van der Waals surface area contributed by atoms with Gasteiger partial charge in [-0.05, 0) is 24.6 Å². The van der Waals surface area contributed by atoms with Crippen LogP contribution in [0.4, 0.5) is 5.69 Å². The molecular formula is C11H18N2O2. The summed E-state index contributed by atoms with van der Waals surface area (Å²) in [6.07, 6.45) is 0. The van der Waals surface area contributed by atoms with Gasteiger partial charge in [0.05, 0.1) is 7.11 Å². The third-order valence-corrected chi connectivity index (χ3v) is 1.57. The van der Waals surface area contributed by atoms with E-state index in [0.29, 0.717) is 5.69 Å². The van der Waals surface area contributed by atoms with Crippen molar-refractivity contribution >= 4 is 11.7 Å². The van der Waals surface area contributed by atoms with Crippen LogP contribution >= 0.6 is 0 Å². The number of nitrogens with zero attached hydrogens (tertiary/aromatic N) is 1. The lowest BCUT2D eigenvalue weighted by atomic mass is 10.2. The first-order valence-corrected chi connectivity index (χ1v) is 4.81. The molecule has 1 aromatic carbocycles. The molecule has 0 aliphatic rings. The predicted octanol–water partition coefficient (Wildman–Crippen LogP) is 2.32. The maximum atomic E-state index is 9.36. The van der Waals surface area contributed by atoms with Gasteiger partial charge in [0.15, 0.2) is 0 Å². The van der Waals surface area contributed by atoms with Crippen molar-refractivity contribution in [1.29, 1.82) is 0 Å². The van der Waals surface area contributed by atoms with Gasteiger partial charge in [-0.15, -0.1) is 0 Å². The summed E-state index contributed by atoms with van der Waals surface area (Å²) in [6.45, 7) is 5.90. The van der Waals surface area contributed by atoms with E-state index in [1.807, 2.05) is 20.8 Å². The van der Waals surface area contributed by atoms with Crippen molar-refractivity contribution in [2.24, 2.45) is 10.7 Å². The lowest BCUT2D eigenvalue weighted by Gasteiger charge is -2.01. The molecule has 0 atom stereocenters. The molecule has 0 aliphatic carbocycles. The number of benzene rings is 1. The first-order chi connectivity index (χ1) is 7.13. The highest BCUT2D eigenvalue weighted by Crippen LogP contribution is 2.26. The van der Waals surface area contributed by atoms with Gasteiger partial charge >= 0.3 is 0 Å². The summed E-state index contributed by atoms with van der Waals surface area (Å²) in [5, 5.41) is 9.36. The minimum Gasteiger partial charge on any atom is -0.506 e. The molecule has 0 heterocycles. The first-order valence-electron chi connectivity index (χ1n) is 4.81. The molecule has 1 rings (SSSR count). The van der Waals surface area contributed by atoms with Crippen LogP contribution in [0.2, 0.25) is 0 Å². The molecule has 0 aromatic heterocycles. The fourth-order valence-electron chi connectivity index (χ4n) is 0.887. The highest BCUT2D eigenvalue weighted by molar-refractivity contribution is 5.76. The third-order valence-electron chi connectivity index (χ3n) is 1.57. The third kappa shape index (κ3) is 4.35. The summed E-state index contributed by atoms with van der Waals surface area (Å²) >= 11 is 0. The van der Waals surface area contributed by atoms with Crippen molar-refractivity contribution in [2.75, 3.05) is 7.11 Å². The van der Waals surface area contributed by atoms with Crippen molar-refractivity contribution in [1.82, 2.24) is 0 Å². The Morgan fingerprint density at radius 1 is 1.40 bits per heavy atom. The van der Waals surface area contributed by atoms with Gasteiger partial charge in [-0.2, -0.15) is 4.99 Å². The van der Waals surface area contributed by atoms with Gasteiger partial charge in [0.25, 0.3) is 6.02 Å². The Morgan fingerprint density at radius 2 is 2.00 bits per heavy atom. The number of nitrogens with two attached hydrogens (primary N) is 1. The molecule has 0 spiro atoms. The molecule has 1 aromatic rings. The number of methoxy groups -OCH3 is 1. The zero-order chi connectivity index (χ0) is 11.8. The molecule has 0 amide bonds. The van der Waals surface area contributed by atoms with Crippen LogP contribution < -0.4 is 5.73 Å². The molecule has 4 heteroatoms. The molecule has 0 fully saturated rings. The van der Waals surface area contributed by atoms with Crippen LogP contribution in [0.1, 0.15) is 19.4 Å². The van der Waals surface area contributed by atoms with E-state index >= 15 is 0 Å². The normalized spacial score (nSPS) is 10.3. The smallest absolute Gasteiger partial charge is 0.287 e. The van der Waals surface area contributed by atoms with Gasteiger partial charge in [0, 0.05) is 0 Å². The van der Waals surface area contributed by atoms with Crippen LogP contribution in [0.3, 0.4) is 0 Å². The van der Waals surface area contributed by atoms with Crippen LogP contribution in [-0.4, -0.2) is 18.2 Å². The van der Waals surface area contributed by atoms with Crippen LogP contribution in [0, 0.1) is 6.92 Å². The quantitative estimate of drug-likeness (QED) is 0.552. The van der Waals surface area contributed by atoms with Crippen molar-refractivity contribution in [3.63, 3.8) is 0 Å². The number of hydrogen-bond acceptors (Lipinski definition) is 3. The maximum Gasteiger partial charge on any atom is 0.287 e. The van der Waals surface area contributed by atoms with Gasteiger partial charge < -0.3 is 15.6 Å². The summed E-state index contributed by atoms with van der Waals surface area (Å²) in [5.74, 6) is 0.0885. The second-order valence-electron chi connectivity index (χ2n) is 2.65. The Labute approximate surface area is 90.4 Å². The van der Waals surface area contributed by atoms with E-state index in [0.717, 1.165) is 5.56 Å². The number of aryl methyl sites for hydroxylation is 1. The Hall–Kier alpha value is -1.71. The Morgan fingerprint density at radius 3 is 2.53 bits per heavy atom. The minimum atomic E-state index is 0.0286. The van der Waals surface area contributed by atoms with Crippen molar-refractivity contribution < 1.29 is 9.84 Å². The molecule has 4 nitrogen and oxygen atoms in total.